The van der Waals surface area contributed by atoms with E-state index in [4.69, 9.17) is 11.6 Å². The van der Waals surface area contributed by atoms with E-state index in [1.54, 1.807) is 11.8 Å². The molecule has 1 aromatic rings. The molecule has 4 heteroatoms. The lowest BCUT2D eigenvalue weighted by atomic mass is 10.2. The molecule has 18 heavy (non-hydrogen) atoms. The summed E-state index contributed by atoms with van der Waals surface area (Å²) in [6, 6.07) is 8.17. The van der Waals surface area contributed by atoms with E-state index >= 15 is 0 Å². The standard InChI is InChI=1S/C14H18ClNOS/c15-12-7-3-4-8-13(12)18-10-9-14(17)16-11-5-1-2-6-11/h3-4,7-8,11H,1-2,5-6,9-10H2,(H,16,17). The number of rotatable bonds is 5. The maximum Gasteiger partial charge on any atom is 0.221 e. The summed E-state index contributed by atoms with van der Waals surface area (Å²) in [7, 11) is 0. The third-order valence-electron chi connectivity index (χ3n) is 3.14. The lowest BCUT2D eigenvalue weighted by molar-refractivity contribution is -0.121. The van der Waals surface area contributed by atoms with Gasteiger partial charge in [-0.1, -0.05) is 36.6 Å². The summed E-state index contributed by atoms with van der Waals surface area (Å²) < 4.78 is 0. The molecule has 0 aliphatic heterocycles. The van der Waals surface area contributed by atoms with Crippen molar-refractivity contribution in [3.05, 3.63) is 29.3 Å². The van der Waals surface area contributed by atoms with Crippen LogP contribution in [0.15, 0.2) is 29.2 Å². The number of halogens is 1. The number of carbonyl (C=O) groups is 1. The first-order valence-corrected chi connectivity index (χ1v) is 7.79. The van der Waals surface area contributed by atoms with E-state index in [1.165, 1.54) is 12.8 Å². The van der Waals surface area contributed by atoms with Gasteiger partial charge in [0, 0.05) is 23.1 Å². The Kier molecular flexibility index (Phi) is 5.39. The van der Waals surface area contributed by atoms with Gasteiger partial charge < -0.3 is 5.32 Å². The highest BCUT2D eigenvalue weighted by Gasteiger charge is 2.16. The molecule has 0 saturated heterocycles. The van der Waals surface area contributed by atoms with Crippen LogP contribution in [0, 0.1) is 0 Å². The highest BCUT2D eigenvalue weighted by atomic mass is 35.5. The first-order valence-electron chi connectivity index (χ1n) is 6.42. The van der Waals surface area contributed by atoms with E-state index in [2.05, 4.69) is 5.32 Å². The van der Waals surface area contributed by atoms with Gasteiger partial charge in [-0.3, -0.25) is 4.79 Å². The van der Waals surface area contributed by atoms with Gasteiger partial charge in [0.2, 0.25) is 5.91 Å². The Morgan fingerprint density at radius 2 is 2.06 bits per heavy atom. The Morgan fingerprint density at radius 1 is 1.33 bits per heavy atom. The van der Waals surface area contributed by atoms with E-state index < -0.39 is 0 Å². The lowest BCUT2D eigenvalue weighted by Crippen LogP contribution is -2.32. The first kappa shape index (κ1) is 13.8. The quantitative estimate of drug-likeness (QED) is 0.831. The molecule has 0 heterocycles. The van der Waals surface area contributed by atoms with Crippen LogP contribution in [0.2, 0.25) is 5.02 Å². The average molecular weight is 284 g/mol. The van der Waals surface area contributed by atoms with Crippen molar-refractivity contribution in [1.82, 2.24) is 5.32 Å². The molecular formula is C14H18ClNOS. The Labute approximate surface area is 117 Å². The van der Waals surface area contributed by atoms with Gasteiger partial charge in [0.15, 0.2) is 0 Å². The van der Waals surface area contributed by atoms with Gasteiger partial charge in [0.25, 0.3) is 0 Å². The molecule has 0 bridgehead atoms. The van der Waals surface area contributed by atoms with E-state index in [0.29, 0.717) is 12.5 Å². The molecule has 1 fully saturated rings. The molecule has 1 aromatic carbocycles. The number of hydrogen-bond acceptors (Lipinski definition) is 2. The predicted molar refractivity (Wildman–Crippen MR) is 77.2 cm³/mol. The monoisotopic (exact) mass is 283 g/mol. The first-order chi connectivity index (χ1) is 8.75. The predicted octanol–water partition coefficient (Wildman–Crippen LogP) is 3.88. The number of carbonyl (C=O) groups excluding carboxylic acids is 1. The molecule has 0 aromatic heterocycles. The van der Waals surface area contributed by atoms with Crippen LogP contribution in [0.25, 0.3) is 0 Å². The molecule has 1 aliphatic rings. The van der Waals surface area contributed by atoms with Crippen molar-refractivity contribution in [3.63, 3.8) is 0 Å². The largest absolute Gasteiger partial charge is 0.353 e. The van der Waals surface area contributed by atoms with Gasteiger partial charge in [-0.15, -0.1) is 11.8 Å². The minimum Gasteiger partial charge on any atom is -0.353 e. The fourth-order valence-electron chi connectivity index (χ4n) is 2.19. The van der Waals surface area contributed by atoms with Crippen molar-refractivity contribution in [2.75, 3.05) is 5.75 Å². The molecule has 2 nitrogen and oxygen atoms in total. The number of amides is 1. The van der Waals surface area contributed by atoms with Crippen molar-refractivity contribution in [3.8, 4) is 0 Å². The summed E-state index contributed by atoms with van der Waals surface area (Å²) in [6.07, 6.45) is 5.35. The minimum atomic E-state index is 0.168. The molecule has 0 atom stereocenters. The second kappa shape index (κ2) is 7.05. The summed E-state index contributed by atoms with van der Waals surface area (Å²) >= 11 is 7.70. The topological polar surface area (TPSA) is 29.1 Å². The smallest absolute Gasteiger partial charge is 0.221 e. The maximum absolute atomic E-state index is 11.7. The summed E-state index contributed by atoms with van der Waals surface area (Å²) in [4.78, 5) is 12.8. The summed E-state index contributed by atoms with van der Waals surface area (Å²) in [6.45, 7) is 0. The van der Waals surface area contributed by atoms with Gasteiger partial charge in [0.05, 0.1) is 5.02 Å². The fraction of sp³-hybridized carbons (Fsp3) is 0.500. The van der Waals surface area contributed by atoms with Crippen molar-refractivity contribution in [2.24, 2.45) is 0 Å². The van der Waals surface area contributed by atoms with Crippen LogP contribution >= 0.6 is 23.4 Å². The van der Waals surface area contributed by atoms with Gasteiger partial charge in [-0.25, -0.2) is 0 Å². The van der Waals surface area contributed by atoms with E-state index in [0.717, 1.165) is 28.5 Å². The van der Waals surface area contributed by atoms with E-state index in [-0.39, 0.29) is 5.91 Å². The van der Waals surface area contributed by atoms with Crippen molar-refractivity contribution < 1.29 is 4.79 Å². The zero-order valence-corrected chi connectivity index (χ0v) is 11.9. The second-order valence-electron chi connectivity index (χ2n) is 4.58. The molecule has 1 amide bonds. The third kappa shape index (κ3) is 4.21. The van der Waals surface area contributed by atoms with Gasteiger partial charge in [-0.05, 0) is 25.0 Å². The zero-order valence-electron chi connectivity index (χ0n) is 10.3. The zero-order chi connectivity index (χ0) is 12.8. The van der Waals surface area contributed by atoms with Gasteiger partial charge in [-0.2, -0.15) is 0 Å². The van der Waals surface area contributed by atoms with E-state index in [9.17, 15) is 4.79 Å². The summed E-state index contributed by atoms with van der Waals surface area (Å²) in [5.74, 6) is 0.948. The maximum atomic E-state index is 11.7. The SMILES string of the molecule is O=C(CCSc1ccccc1Cl)NC1CCCC1. The van der Waals surface area contributed by atoms with Crippen LogP contribution < -0.4 is 5.32 Å². The molecule has 1 N–H and O–H groups in total. The minimum absolute atomic E-state index is 0.168. The molecule has 1 aliphatic carbocycles. The number of hydrogen-bond donors (Lipinski definition) is 1. The van der Waals surface area contributed by atoms with Crippen molar-refractivity contribution >= 4 is 29.3 Å². The molecule has 0 spiro atoms. The van der Waals surface area contributed by atoms with Crippen LogP contribution in [-0.2, 0) is 4.79 Å². The number of benzene rings is 1. The lowest BCUT2D eigenvalue weighted by Gasteiger charge is -2.11. The van der Waals surface area contributed by atoms with E-state index in [1.807, 2.05) is 24.3 Å². The Bertz CT molecular complexity index is 405. The normalized spacial score (nSPS) is 15.8. The van der Waals surface area contributed by atoms with Crippen LogP contribution in [0.1, 0.15) is 32.1 Å². The molecule has 98 valence electrons. The molecule has 0 unspecified atom stereocenters. The number of thioether (sulfide) groups is 1. The Balaban J connectivity index is 1.68. The van der Waals surface area contributed by atoms with Crippen molar-refractivity contribution in [1.29, 1.82) is 0 Å². The van der Waals surface area contributed by atoms with Gasteiger partial charge in [0.1, 0.15) is 0 Å². The Morgan fingerprint density at radius 3 is 2.78 bits per heavy atom. The number of nitrogens with one attached hydrogen (secondary N) is 1. The average Bonchev–Trinajstić information content (AvgIpc) is 2.84. The summed E-state index contributed by atoms with van der Waals surface area (Å²) in [5, 5.41) is 3.86. The summed E-state index contributed by atoms with van der Waals surface area (Å²) in [5.41, 5.74) is 0. The highest BCUT2D eigenvalue weighted by Crippen LogP contribution is 2.27. The van der Waals surface area contributed by atoms with Crippen LogP contribution in [0.3, 0.4) is 0 Å². The molecule has 0 radical (unpaired) electrons. The molecule has 1 saturated carbocycles. The van der Waals surface area contributed by atoms with Crippen LogP contribution in [0.4, 0.5) is 0 Å². The second-order valence-corrected chi connectivity index (χ2v) is 6.12. The third-order valence-corrected chi connectivity index (χ3v) is 4.66. The van der Waals surface area contributed by atoms with Crippen LogP contribution in [0.5, 0.6) is 0 Å². The van der Waals surface area contributed by atoms with Gasteiger partial charge >= 0.3 is 0 Å². The van der Waals surface area contributed by atoms with Crippen LogP contribution in [-0.4, -0.2) is 17.7 Å². The van der Waals surface area contributed by atoms with Crippen molar-refractivity contribution in [2.45, 2.75) is 43.0 Å². The molecular weight excluding hydrogens is 266 g/mol. The Hall–Kier alpha value is -0.670. The fourth-order valence-corrected chi connectivity index (χ4v) is 3.37. The molecule has 2 rings (SSSR count). The highest BCUT2D eigenvalue weighted by molar-refractivity contribution is 7.99.